The SMILES string of the molecule is COC(C)CC(CNC(C)C)c1cccc(Cl)c1. The van der Waals surface area contributed by atoms with Crippen molar-refractivity contribution in [3.05, 3.63) is 34.9 Å². The quantitative estimate of drug-likeness (QED) is 0.812. The molecule has 1 aromatic carbocycles. The Labute approximate surface area is 116 Å². The van der Waals surface area contributed by atoms with Gasteiger partial charge < -0.3 is 10.1 Å². The van der Waals surface area contributed by atoms with E-state index in [0.717, 1.165) is 18.0 Å². The van der Waals surface area contributed by atoms with Gasteiger partial charge in [-0.2, -0.15) is 0 Å². The zero-order chi connectivity index (χ0) is 13.5. The molecule has 0 aliphatic rings. The van der Waals surface area contributed by atoms with Gasteiger partial charge in [0.1, 0.15) is 0 Å². The summed E-state index contributed by atoms with van der Waals surface area (Å²) in [5, 5.41) is 4.29. The summed E-state index contributed by atoms with van der Waals surface area (Å²) in [4.78, 5) is 0. The van der Waals surface area contributed by atoms with Crippen LogP contribution in [0.1, 0.15) is 38.7 Å². The van der Waals surface area contributed by atoms with E-state index in [-0.39, 0.29) is 6.10 Å². The van der Waals surface area contributed by atoms with Crippen LogP contribution < -0.4 is 5.32 Å². The summed E-state index contributed by atoms with van der Waals surface area (Å²) >= 11 is 6.07. The Morgan fingerprint density at radius 2 is 2.00 bits per heavy atom. The minimum Gasteiger partial charge on any atom is -0.382 e. The van der Waals surface area contributed by atoms with Crippen molar-refractivity contribution in [2.45, 2.75) is 45.3 Å². The van der Waals surface area contributed by atoms with Crippen molar-refractivity contribution in [1.82, 2.24) is 5.32 Å². The van der Waals surface area contributed by atoms with E-state index in [1.54, 1.807) is 7.11 Å². The average molecular weight is 270 g/mol. The monoisotopic (exact) mass is 269 g/mol. The summed E-state index contributed by atoms with van der Waals surface area (Å²) in [5.74, 6) is 0.432. The highest BCUT2D eigenvalue weighted by atomic mass is 35.5. The Kier molecular flexibility index (Phi) is 6.69. The molecule has 2 atom stereocenters. The van der Waals surface area contributed by atoms with Gasteiger partial charge in [0.2, 0.25) is 0 Å². The van der Waals surface area contributed by atoms with E-state index < -0.39 is 0 Å². The molecule has 0 bridgehead atoms. The molecule has 0 fully saturated rings. The van der Waals surface area contributed by atoms with E-state index >= 15 is 0 Å². The number of nitrogens with one attached hydrogen (secondary N) is 1. The predicted molar refractivity (Wildman–Crippen MR) is 78.4 cm³/mol. The highest BCUT2D eigenvalue weighted by molar-refractivity contribution is 6.30. The molecule has 3 heteroatoms. The molecule has 2 nitrogen and oxygen atoms in total. The summed E-state index contributed by atoms with van der Waals surface area (Å²) in [5.41, 5.74) is 1.28. The molecule has 2 unspecified atom stereocenters. The van der Waals surface area contributed by atoms with E-state index in [1.165, 1.54) is 5.56 Å². The van der Waals surface area contributed by atoms with Gasteiger partial charge in [0.25, 0.3) is 0 Å². The van der Waals surface area contributed by atoms with Crippen LogP contribution in [0.2, 0.25) is 5.02 Å². The van der Waals surface area contributed by atoms with E-state index in [0.29, 0.717) is 12.0 Å². The third-order valence-corrected chi connectivity index (χ3v) is 3.35. The number of ether oxygens (including phenoxy) is 1. The van der Waals surface area contributed by atoms with Crippen LogP contribution in [-0.4, -0.2) is 25.8 Å². The van der Waals surface area contributed by atoms with Crippen molar-refractivity contribution >= 4 is 11.6 Å². The molecule has 0 aromatic heterocycles. The second kappa shape index (κ2) is 7.78. The Hall–Kier alpha value is -0.570. The Morgan fingerprint density at radius 3 is 2.56 bits per heavy atom. The fraction of sp³-hybridized carbons (Fsp3) is 0.600. The summed E-state index contributed by atoms with van der Waals surface area (Å²) in [6.45, 7) is 7.38. The van der Waals surface area contributed by atoms with Crippen LogP contribution in [0.5, 0.6) is 0 Å². The van der Waals surface area contributed by atoms with Gasteiger partial charge >= 0.3 is 0 Å². The van der Waals surface area contributed by atoms with Crippen LogP contribution in [0.3, 0.4) is 0 Å². The number of halogens is 1. The Bertz CT molecular complexity index is 354. The van der Waals surface area contributed by atoms with Crippen LogP contribution in [0, 0.1) is 0 Å². The van der Waals surface area contributed by atoms with Gasteiger partial charge in [0.05, 0.1) is 6.10 Å². The second-order valence-electron chi connectivity index (χ2n) is 5.10. The van der Waals surface area contributed by atoms with Gasteiger partial charge in [-0.25, -0.2) is 0 Å². The molecular weight excluding hydrogens is 246 g/mol. The lowest BCUT2D eigenvalue weighted by atomic mass is 9.93. The summed E-state index contributed by atoms with van der Waals surface area (Å²) in [7, 11) is 1.76. The molecule has 1 aromatic rings. The van der Waals surface area contributed by atoms with Crippen LogP contribution >= 0.6 is 11.6 Å². The lowest BCUT2D eigenvalue weighted by molar-refractivity contribution is 0.104. The third-order valence-electron chi connectivity index (χ3n) is 3.11. The van der Waals surface area contributed by atoms with Crippen molar-refractivity contribution in [3.63, 3.8) is 0 Å². The first kappa shape index (κ1) is 15.5. The van der Waals surface area contributed by atoms with Gasteiger partial charge in [0, 0.05) is 24.7 Å². The number of rotatable bonds is 7. The molecule has 0 heterocycles. The molecular formula is C15H24ClNO. The summed E-state index contributed by atoms with van der Waals surface area (Å²) < 4.78 is 5.38. The number of benzene rings is 1. The standard InChI is InChI=1S/C15H24ClNO/c1-11(2)17-10-14(8-12(3)18-4)13-6-5-7-15(16)9-13/h5-7,9,11-12,14,17H,8,10H2,1-4H3. The maximum Gasteiger partial charge on any atom is 0.0549 e. The fourth-order valence-electron chi connectivity index (χ4n) is 1.97. The zero-order valence-corrected chi connectivity index (χ0v) is 12.5. The molecule has 0 saturated heterocycles. The van der Waals surface area contributed by atoms with E-state index in [2.05, 4.69) is 38.2 Å². The first-order valence-corrected chi connectivity index (χ1v) is 6.92. The first-order valence-electron chi connectivity index (χ1n) is 6.54. The zero-order valence-electron chi connectivity index (χ0n) is 11.7. The number of hydrogen-bond acceptors (Lipinski definition) is 2. The third kappa shape index (κ3) is 5.38. The molecule has 1 rings (SSSR count). The Balaban J connectivity index is 2.75. The lowest BCUT2D eigenvalue weighted by Gasteiger charge is -2.22. The van der Waals surface area contributed by atoms with E-state index in [4.69, 9.17) is 16.3 Å². The van der Waals surface area contributed by atoms with Crippen molar-refractivity contribution in [2.75, 3.05) is 13.7 Å². The van der Waals surface area contributed by atoms with Crippen LogP contribution in [0.25, 0.3) is 0 Å². The number of methoxy groups -OCH3 is 1. The maximum absolute atomic E-state index is 6.07. The van der Waals surface area contributed by atoms with Crippen molar-refractivity contribution in [1.29, 1.82) is 0 Å². The van der Waals surface area contributed by atoms with Gasteiger partial charge in [-0.3, -0.25) is 0 Å². The van der Waals surface area contributed by atoms with Gasteiger partial charge in [0.15, 0.2) is 0 Å². The minimum absolute atomic E-state index is 0.253. The molecule has 0 aliphatic carbocycles. The maximum atomic E-state index is 6.07. The molecule has 1 N–H and O–H groups in total. The summed E-state index contributed by atoms with van der Waals surface area (Å²) in [6.07, 6.45) is 1.25. The second-order valence-corrected chi connectivity index (χ2v) is 5.53. The lowest BCUT2D eigenvalue weighted by Crippen LogP contribution is -2.29. The molecule has 0 saturated carbocycles. The van der Waals surface area contributed by atoms with Crippen LogP contribution in [0.4, 0.5) is 0 Å². The predicted octanol–water partition coefficient (Wildman–Crippen LogP) is 3.85. The molecule has 0 radical (unpaired) electrons. The van der Waals surface area contributed by atoms with Gasteiger partial charge in [-0.15, -0.1) is 0 Å². The Morgan fingerprint density at radius 1 is 1.28 bits per heavy atom. The molecule has 0 aliphatic heterocycles. The molecule has 102 valence electrons. The van der Waals surface area contributed by atoms with Crippen molar-refractivity contribution in [3.8, 4) is 0 Å². The van der Waals surface area contributed by atoms with E-state index in [1.807, 2.05) is 12.1 Å². The van der Waals surface area contributed by atoms with Gasteiger partial charge in [-0.1, -0.05) is 37.6 Å². The van der Waals surface area contributed by atoms with Crippen molar-refractivity contribution < 1.29 is 4.74 Å². The highest BCUT2D eigenvalue weighted by Crippen LogP contribution is 2.24. The number of hydrogen-bond donors (Lipinski definition) is 1. The van der Waals surface area contributed by atoms with Gasteiger partial charge in [-0.05, 0) is 37.0 Å². The average Bonchev–Trinajstić information content (AvgIpc) is 2.33. The summed E-state index contributed by atoms with van der Waals surface area (Å²) in [6, 6.07) is 8.61. The van der Waals surface area contributed by atoms with E-state index in [9.17, 15) is 0 Å². The largest absolute Gasteiger partial charge is 0.382 e. The fourth-order valence-corrected chi connectivity index (χ4v) is 2.17. The van der Waals surface area contributed by atoms with Crippen LogP contribution in [0.15, 0.2) is 24.3 Å². The smallest absolute Gasteiger partial charge is 0.0549 e. The molecule has 0 spiro atoms. The minimum atomic E-state index is 0.253. The highest BCUT2D eigenvalue weighted by Gasteiger charge is 2.15. The molecule has 0 amide bonds. The topological polar surface area (TPSA) is 21.3 Å². The normalized spacial score (nSPS) is 14.8. The molecule has 18 heavy (non-hydrogen) atoms. The first-order chi connectivity index (χ1) is 8.52. The van der Waals surface area contributed by atoms with Crippen molar-refractivity contribution in [2.24, 2.45) is 0 Å². The van der Waals surface area contributed by atoms with Crippen LogP contribution in [-0.2, 0) is 4.74 Å².